The van der Waals surface area contributed by atoms with Gasteiger partial charge in [-0.05, 0) is 36.4 Å². The number of ketones is 2. The summed E-state index contributed by atoms with van der Waals surface area (Å²) in [6.45, 7) is 1.20. The van der Waals surface area contributed by atoms with Crippen LogP contribution in [0.1, 0.15) is 31.8 Å². The highest BCUT2D eigenvalue weighted by atomic mass is 32.2. The number of benzene rings is 3. The predicted molar refractivity (Wildman–Crippen MR) is 116 cm³/mol. The molecule has 7 nitrogen and oxygen atoms in total. The standard InChI is InChI=1S/C23H18N2O5S/c1-25-10-11-30-21-9-7-15(13-20(21)25)31(28,29)24-14-6-8-18-19(12-14)23(27)17-5-3-2-4-16(17)22(18)26/h2-9,12-13,24H,10-11H2,1H3. The second kappa shape index (κ2) is 6.95. The van der Waals surface area contributed by atoms with E-state index in [2.05, 4.69) is 4.72 Å². The zero-order valence-electron chi connectivity index (χ0n) is 16.6. The van der Waals surface area contributed by atoms with Crippen molar-refractivity contribution in [2.75, 3.05) is 29.8 Å². The first-order valence-electron chi connectivity index (χ1n) is 9.68. The summed E-state index contributed by atoms with van der Waals surface area (Å²) in [5.41, 5.74) is 2.02. The molecular weight excluding hydrogens is 416 g/mol. The quantitative estimate of drug-likeness (QED) is 0.533. The number of fused-ring (bicyclic) bond motifs is 3. The fourth-order valence-corrected chi connectivity index (χ4v) is 4.94. The number of sulfonamides is 1. The molecule has 1 N–H and O–H groups in total. The second-order valence-electron chi connectivity index (χ2n) is 7.47. The van der Waals surface area contributed by atoms with Crippen LogP contribution in [-0.4, -0.2) is 40.2 Å². The maximum atomic E-state index is 13.0. The van der Waals surface area contributed by atoms with Crippen molar-refractivity contribution >= 4 is 33.0 Å². The lowest BCUT2D eigenvalue weighted by molar-refractivity contribution is 0.0979. The smallest absolute Gasteiger partial charge is 0.261 e. The number of likely N-dealkylation sites (N-methyl/N-ethyl adjacent to an activating group) is 1. The van der Waals surface area contributed by atoms with Crippen molar-refractivity contribution in [1.29, 1.82) is 0 Å². The first-order valence-corrected chi connectivity index (χ1v) is 11.2. The van der Waals surface area contributed by atoms with Gasteiger partial charge in [-0.15, -0.1) is 0 Å². The summed E-state index contributed by atoms with van der Waals surface area (Å²) < 4.78 is 34.0. The monoisotopic (exact) mass is 434 g/mol. The maximum absolute atomic E-state index is 13.0. The van der Waals surface area contributed by atoms with E-state index in [1.54, 1.807) is 36.4 Å². The number of nitrogens with one attached hydrogen (secondary N) is 1. The van der Waals surface area contributed by atoms with E-state index < -0.39 is 10.0 Å². The van der Waals surface area contributed by atoms with Crippen LogP contribution < -0.4 is 14.4 Å². The number of carbonyl (C=O) groups is 2. The minimum atomic E-state index is -3.92. The Balaban J connectivity index is 1.49. The van der Waals surface area contributed by atoms with Crippen LogP contribution in [0, 0.1) is 0 Å². The Morgan fingerprint density at radius 2 is 1.55 bits per heavy atom. The zero-order valence-corrected chi connectivity index (χ0v) is 17.4. The van der Waals surface area contributed by atoms with Crippen molar-refractivity contribution in [2.45, 2.75) is 4.90 Å². The third-order valence-corrected chi connectivity index (χ3v) is 6.89. The van der Waals surface area contributed by atoms with Gasteiger partial charge in [0.2, 0.25) is 0 Å². The Kier molecular flexibility index (Phi) is 4.33. The summed E-state index contributed by atoms with van der Waals surface area (Å²) in [6.07, 6.45) is 0. The molecule has 1 heterocycles. The van der Waals surface area contributed by atoms with Crippen molar-refractivity contribution in [3.8, 4) is 5.75 Å². The van der Waals surface area contributed by atoms with Gasteiger partial charge in [-0.25, -0.2) is 8.42 Å². The topological polar surface area (TPSA) is 92.8 Å². The molecule has 0 unspecified atom stereocenters. The van der Waals surface area contributed by atoms with E-state index in [4.69, 9.17) is 4.74 Å². The summed E-state index contributed by atoms with van der Waals surface area (Å²) in [5.74, 6) is 0.0698. The van der Waals surface area contributed by atoms with Gasteiger partial charge < -0.3 is 9.64 Å². The van der Waals surface area contributed by atoms with Crippen LogP contribution in [-0.2, 0) is 10.0 Å². The van der Waals surface area contributed by atoms with Crippen LogP contribution in [0.25, 0.3) is 0 Å². The second-order valence-corrected chi connectivity index (χ2v) is 9.15. The van der Waals surface area contributed by atoms with Gasteiger partial charge >= 0.3 is 0 Å². The van der Waals surface area contributed by atoms with Crippen LogP contribution in [0.2, 0.25) is 0 Å². The van der Waals surface area contributed by atoms with Gasteiger partial charge in [0, 0.05) is 35.0 Å². The summed E-state index contributed by atoms with van der Waals surface area (Å²) in [7, 11) is -2.05. The lowest BCUT2D eigenvalue weighted by atomic mass is 9.84. The third kappa shape index (κ3) is 3.16. The zero-order chi connectivity index (χ0) is 21.8. The molecule has 2 aliphatic rings. The molecule has 0 saturated heterocycles. The SMILES string of the molecule is CN1CCOc2ccc(S(=O)(=O)Nc3ccc4c(c3)C(=O)c3ccccc3C4=O)cc21. The van der Waals surface area contributed by atoms with Crippen molar-refractivity contribution in [1.82, 2.24) is 0 Å². The van der Waals surface area contributed by atoms with Crippen LogP contribution >= 0.6 is 0 Å². The molecule has 1 aliphatic heterocycles. The molecule has 0 radical (unpaired) electrons. The Labute approximate surface area is 179 Å². The van der Waals surface area contributed by atoms with E-state index in [1.807, 2.05) is 11.9 Å². The third-order valence-electron chi connectivity index (χ3n) is 5.51. The predicted octanol–water partition coefficient (Wildman–Crippen LogP) is 3.09. The molecular formula is C23H18N2O5S. The molecule has 5 rings (SSSR count). The van der Waals surface area contributed by atoms with E-state index in [0.717, 1.165) is 0 Å². The summed E-state index contributed by atoms with van der Waals surface area (Å²) in [6, 6.07) is 15.7. The number of ether oxygens (including phenoxy) is 1. The minimum absolute atomic E-state index is 0.0778. The van der Waals surface area contributed by atoms with Gasteiger partial charge in [-0.2, -0.15) is 0 Å². The van der Waals surface area contributed by atoms with Crippen LogP contribution in [0.15, 0.2) is 65.6 Å². The average Bonchev–Trinajstić information content (AvgIpc) is 2.77. The number of anilines is 2. The van der Waals surface area contributed by atoms with Gasteiger partial charge in [0.25, 0.3) is 10.0 Å². The molecule has 3 aromatic carbocycles. The van der Waals surface area contributed by atoms with Crippen molar-refractivity contribution in [2.24, 2.45) is 0 Å². The van der Waals surface area contributed by atoms with E-state index in [-0.39, 0.29) is 33.3 Å². The van der Waals surface area contributed by atoms with Gasteiger partial charge in [0.15, 0.2) is 11.6 Å². The Bertz CT molecular complexity index is 1360. The molecule has 0 fully saturated rings. The first-order chi connectivity index (χ1) is 14.8. The van der Waals surface area contributed by atoms with Gasteiger partial charge in [-0.1, -0.05) is 24.3 Å². The largest absolute Gasteiger partial charge is 0.490 e. The van der Waals surface area contributed by atoms with E-state index >= 15 is 0 Å². The summed E-state index contributed by atoms with van der Waals surface area (Å²) in [4.78, 5) is 27.6. The molecule has 3 aromatic rings. The molecule has 8 heteroatoms. The van der Waals surface area contributed by atoms with Crippen molar-refractivity contribution < 1.29 is 22.7 Å². The van der Waals surface area contributed by atoms with Gasteiger partial charge in [0.05, 0.1) is 17.1 Å². The Hall–Kier alpha value is -3.65. The summed E-state index contributed by atoms with van der Waals surface area (Å²) in [5, 5.41) is 0. The van der Waals surface area contributed by atoms with Crippen LogP contribution in [0.4, 0.5) is 11.4 Å². The lowest BCUT2D eigenvalue weighted by Gasteiger charge is -2.28. The van der Waals surface area contributed by atoms with Crippen molar-refractivity contribution in [3.05, 3.63) is 82.9 Å². The highest BCUT2D eigenvalue weighted by Gasteiger charge is 2.30. The number of nitrogens with zero attached hydrogens (tertiary/aromatic N) is 1. The molecule has 0 spiro atoms. The molecule has 1 aliphatic carbocycles. The maximum Gasteiger partial charge on any atom is 0.261 e. The average molecular weight is 434 g/mol. The molecule has 31 heavy (non-hydrogen) atoms. The molecule has 0 atom stereocenters. The number of carbonyl (C=O) groups excluding carboxylic acids is 2. The Morgan fingerprint density at radius 3 is 2.29 bits per heavy atom. The van der Waals surface area contributed by atoms with Crippen LogP contribution in [0.5, 0.6) is 5.75 Å². The minimum Gasteiger partial charge on any atom is -0.490 e. The highest BCUT2D eigenvalue weighted by Crippen LogP contribution is 2.34. The molecule has 0 aromatic heterocycles. The van der Waals surface area contributed by atoms with E-state index in [1.165, 1.54) is 24.3 Å². The van der Waals surface area contributed by atoms with Gasteiger partial charge in [-0.3, -0.25) is 14.3 Å². The van der Waals surface area contributed by atoms with Crippen molar-refractivity contribution in [3.63, 3.8) is 0 Å². The number of hydrogen-bond acceptors (Lipinski definition) is 6. The first kappa shape index (κ1) is 19.3. The fraction of sp³-hybridized carbons (Fsp3) is 0.130. The summed E-state index contributed by atoms with van der Waals surface area (Å²) >= 11 is 0. The van der Waals surface area contributed by atoms with E-state index in [0.29, 0.717) is 35.7 Å². The molecule has 0 saturated carbocycles. The van der Waals surface area contributed by atoms with Gasteiger partial charge in [0.1, 0.15) is 12.4 Å². The Morgan fingerprint density at radius 1 is 0.871 bits per heavy atom. The lowest BCUT2D eigenvalue weighted by Crippen LogP contribution is -2.29. The molecule has 0 amide bonds. The number of rotatable bonds is 3. The highest BCUT2D eigenvalue weighted by molar-refractivity contribution is 7.92. The fourth-order valence-electron chi connectivity index (χ4n) is 3.87. The molecule has 156 valence electrons. The normalized spacial score (nSPS) is 14.9. The van der Waals surface area contributed by atoms with Crippen LogP contribution in [0.3, 0.4) is 0 Å². The molecule has 0 bridgehead atoms. The van der Waals surface area contributed by atoms with E-state index in [9.17, 15) is 18.0 Å². The number of hydrogen-bond donors (Lipinski definition) is 1.